The minimum absolute atomic E-state index is 0.188. The summed E-state index contributed by atoms with van der Waals surface area (Å²) < 4.78 is 21.5. The number of hydrogen-bond acceptors (Lipinski definition) is 5. The number of ether oxygens (including phenoxy) is 4. The maximum atomic E-state index is 12.4. The van der Waals surface area contributed by atoms with Crippen LogP contribution in [-0.2, 0) is 6.42 Å². The van der Waals surface area contributed by atoms with Crippen molar-refractivity contribution in [3.8, 4) is 34.8 Å². The minimum atomic E-state index is -0.296. The second-order valence-electron chi connectivity index (χ2n) is 5.84. The third-order valence-electron chi connectivity index (χ3n) is 4.03. The highest BCUT2D eigenvalue weighted by Crippen LogP contribution is 2.38. The molecule has 29 heavy (non-hydrogen) atoms. The van der Waals surface area contributed by atoms with Crippen molar-refractivity contribution in [1.82, 2.24) is 5.32 Å². The number of rotatable bonds is 9. The van der Waals surface area contributed by atoms with Crippen LogP contribution in [0, 0.1) is 11.8 Å². The van der Waals surface area contributed by atoms with E-state index in [0.29, 0.717) is 22.8 Å². The Balaban J connectivity index is 1.92. The zero-order chi connectivity index (χ0) is 21.1. The van der Waals surface area contributed by atoms with Crippen LogP contribution in [0.4, 0.5) is 0 Å². The van der Waals surface area contributed by atoms with E-state index in [1.807, 2.05) is 30.3 Å². The summed E-state index contributed by atoms with van der Waals surface area (Å²) >= 11 is 0. The van der Waals surface area contributed by atoms with Crippen LogP contribution < -0.4 is 24.3 Å². The Hall–Kier alpha value is -3.59. The molecule has 0 fully saturated rings. The molecule has 1 N–H and O–H groups in total. The van der Waals surface area contributed by atoms with E-state index in [1.165, 1.54) is 21.3 Å². The fraction of sp³-hybridized carbons (Fsp3) is 0.261. The van der Waals surface area contributed by atoms with Crippen molar-refractivity contribution in [2.75, 3.05) is 34.5 Å². The first-order valence-electron chi connectivity index (χ1n) is 9.00. The van der Waals surface area contributed by atoms with Crippen LogP contribution in [0.3, 0.4) is 0 Å². The van der Waals surface area contributed by atoms with Gasteiger partial charge in [-0.2, -0.15) is 0 Å². The van der Waals surface area contributed by atoms with Gasteiger partial charge in [-0.1, -0.05) is 36.1 Å². The number of carbonyl (C=O) groups is 1. The molecule has 0 aliphatic heterocycles. The molecule has 0 aromatic heterocycles. The summed E-state index contributed by atoms with van der Waals surface area (Å²) in [6.07, 6.45) is 2.56. The van der Waals surface area contributed by atoms with Gasteiger partial charge >= 0.3 is 0 Å². The molecule has 0 aliphatic rings. The number of hydrogen-bond donors (Lipinski definition) is 1. The van der Waals surface area contributed by atoms with Gasteiger partial charge in [-0.15, -0.1) is 6.58 Å². The lowest BCUT2D eigenvalue weighted by Gasteiger charge is -2.13. The summed E-state index contributed by atoms with van der Waals surface area (Å²) in [5.74, 6) is 7.50. The maximum absolute atomic E-state index is 12.4. The van der Waals surface area contributed by atoms with Crippen molar-refractivity contribution < 1.29 is 23.7 Å². The Morgan fingerprint density at radius 1 is 1.03 bits per heavy atom. The number of benzene rings is 2. The summed E-state index contributed by atoms with van der Waals surface area (Å²) in [6, 6.07) is 10.9. The lowest BCUT2D eigenvalue weighted by Crippen LogP contribution is -2.23. The zero-order valence-corrected chi connectivity index (χ0v) is 16.9. The molecule has 0 saturated carbocycles. The van der Waals surface area contributed by atoms with Crippen LogP contribution in [0.5, 0.6) is 23.0 Å². The number of para-hydroxylation sites is 1. The molecular formula is C23H25NO5. The number of amides is 1. The fourth-order valence-electron chi connectivity index (χ4n) is 2.63. The van der Waals surface area contributed by atoms with Crippen molar-refractivity contribution >= 4 is 5.91 Å². The molecule has 0 aliphatic carbocycles. The third-order valence-corrected chi connectivity index (χ3v) is 4.03. The van der Waals surface area contributed by atoms with Crippen LogP contribution in [0.1, 0.15) is 15.9 Å². The van der Waals surface area contributed by atoms with Crippen molar-refractivity contribution in [3.05, 3.63) is 60.2 Å². The van der Waals surface area contributed by atoms with Gasteiger partial charge in [0.05, 0.1) is 27.9 Å². The average molecular weight is 395 g/mol. The van der Waals surface area contributed by atoms with Crippen LogP contribution in [0.15, 0.2) is 49.1 Å². The standard InChI is InChI=1S/C23H25NO5/c1-5-10-17-11-6-7-12-19(17)29-14-9-8-13-24-23(25)18-15-20(26-2)22(28-4)21(16-18)27-3/h5-7,11-12,15-16H,1,10,13-14H2,2-4H3,(H,24,25). The quantitative estimate of drug-likeness (QED) is 0.522. The average Bonchev–Trinajstić information content (AvgIpc) is 2.75. The molecule has 2 rings (SSSR count). The van der Waals surface area contributed by atoms with Gasteiger partial charge in [0.15, 0.2) is 11.5 Å². The first-order valence-corrected chi connectivity index (χ1v) is 9.00. The van der Waals surface area contributed by atoms with Crippen molar-refractivity contribution in [1.29, 1.82) is 0 Å². The molecule has 0 radical (unpaired) electrons. The summed E-state index contributed by atoms with van der Waals surface area (Å²) in [6.45, 7) is 4.16. The van der Waals surface area contributed by atoms with E-state index < -0.39 is 0 Å². The number of carbonyl (C=O) groups excluding carboxylic acids is 1. The fourth-order valence-corrected chi connectivity index (χ4v) is 2.63. The molecule has 0 unspecified atom stereocenters. The SMILES string of the molecule is C=CCc1ccccc1OCC#CCNC(=O)c1cc(OC)c(OC)c(OC)c1. The molecule has 0 heterocycles. The minimum Gasteiger partial charge on any atom is -0.493 e. The highest BCUT2D eigenvalue weighted by atomic mass is 16.5. The Morgan fingerprint density at radius 2 is 1.72 bits per heavy atom. The van der Waals surface area contributed by atoms with E-state index in [4.69, 9.17) is 18.9 Å². The molecule has 2 aromatic rings. The summed E-state index contributed by atoms with van der Waals surface area (Å²) in [5, 5.41) is 2.74. The van der Waals surface area contributed by atoms with Gasteiger partial charge in [-0.05, 0) is 30.2 Å². The van der Waals surface area contributed by atoms with E-state index >= 15 is 0 Å². The molecular weight excluding hydrogens is 370 g/mol. The first-order chi connectivity index (χ1) is 14.1. The number of allylic oxidation sites excluding steroid dienone is 1. The summed E-state index contributed by atoms with van der Waals surface area (Å²) in [7, 11) is 4.50. The van der Waals surface area contributed by atoms with Crippen molar-refractivity contribution in [2.24, 2.45) is 0 Å². The Kier molecular flexibility index (Phi) is 8.46. The van der Waals surface area contributed by atoms with Crippen LogP contribution in [0.2, 0.25) is 0 Å². The Bertz CT molecular complexity index is 886. The van der Waals surface area contributed by atoms with E-state index in [2.05, 4.69) is 23.7 Å². The number of nitrogens with one attached hydrogen (secondary N) is 1. The predicted octanol–water partition coefficient (Wildman–Crippen LogP) is 3.25. The molecule has 6 heteroatoms. The van der Waals surface area contributed by atoms with Gasteiger partial charge < -0.3 is 24.3 Å². The van der Waals surface area contributed by atoms with E-state index in [9.17, 15) is 4.79 Å². The Labute approximate surface area is 171 Å². The van der Waals surface area contributed by atoms with Crippen molar-refractivity contribution in [2.45, 2.75) is 6.42 Å². The summed E-state index contributed by atoms with van der Waals surface area (Å²) in [4.78, 5) is 12.4. The van der Waals surface area contributed by atoms with E-state index in [0.717, 1.165) is 17.7 Å². The second-order valence-corrected chi connectivity index (χ2v) is 5.84. The predicted molar refractivity (Wildman–Crippen MR) is 112 cm³/mol. The third kappa shape index (κ3) is 5.94. The van der Waals surface area contributed by atoms with Gasteiger partial charge in [0.1, 0.15) is 12.4 Å². The van der Waals surface area contributed by atoms with Crippen LogP contribution in [-0.4, -0.2) is 40.4 Å². The molecule has 0 atom stereocenters. The topological polar surface area (TPSA) is 66.0 Å². The largest absolute Gasteiger partial charge is 0.493 e. The number of methoxy groups -OCH3 is 3. The van der Waals surface area contributed by atoms with Gasteiger partial charge in [0.25, 0.3) is 5.91 Å². The normalized spacial score (nSPS) is 9.62. The molecule has 152 valence electrons. The van der Waals surface area contributed by atoms with E-state index in [-0.39, 0.29) is 19.1 Å². The van der Waals surface area contributed by atoms with Gasteiger partial charge in [0.2, 0.25) is 5.75 Å². The molecule has 2 aromatic carbocycles. The molecule has 6 nitrogen and oxygen atoms in total. The zero-order valence-electron chi connectivity index (χ0n) is 16.9. The monoisotopic (exact) mass is 395 g/mol. The highest BCUT2D eigenvalue weighted by molar-refractivity contribution is 5.95. The smallest absolute Gasteiger partial charge is 0.252 e. The first kappa shape index (κ1) is 21.7. The molecule has 0 spiro atoms. The lowest BCUT2D eigenvalue weighted by atomic mass is 10.1. The molecule has 0 saturated heterocycles. The van der Waals surface area contributed by atoms with Crippen LogP contribution >= 0.6 is 0 Å². The maximum Gasteiger partial charge on any atom is 0.252 e. The van der Waals surface area contributed by atoms with Gasteiger partial charge in [0, 0.05) is 5.56 Å². The molecule has 0 bridgehead atoms. The molecule has 1 amide bonds. The summed E-state index contributed by atoms with van der Waals surface area (Å²) in [5.41, 5.74) is 1.44. The van der Waals surface area contributed by atoms with Gasteiger partial charge in [-0.25, -0.2) is 0 Å². The van der Waals surface area contributed by atoms with E-state index in [1.54, 1.807) is 12.1 Å². The lowest BCUT2D eigenvalue weighted by molar-refractivity contribution is 0.0958. The van der Waals surface area contributed by atoms with Gasteiger partial charge in [-0.3, -0.25) is 4.79 Å². The van der Waals surface area contributed by atoms with Crippen LogP contribution in [0.25, 0.3) is 0 Å². The second kappa shape index (κ2) is 11.3. The van der Waals surface area contributed by atoms with Crippen molar-refractivity contribution in [3.63, 3.8) is 0 Å². The highest BCUT2D eigenvalue weighted by Gasteiger charge is 2.16. The Morgan fingerprint density at radius 3 is 2.34 bits per heavy atom.